The van der Waals surface area contributed by atoms with Crippen LogP contribution in [0.1, 0.15) is 22.8 Å². The van der Waals surface area contributed by atoms with Crippen LogP contribution < -0.4 is 10.2 Å². The average Bonchev–Trinajstić information content (AvgIpc) is 2.67. The largest absolute Gasteiger partial charge is 0.367 e. The van der Waals surface area contributed by atoms with Crippen LogP contribution >= 0.6 is 12.4 Å². The van der Waals surface area contributed by atoms with Gasteiger partial charge in [0.1, 0.15) is 0 Å². The van der Waals surface area contributed by atoms with Crippen LogP contribution in [0.2, 0.25) is 0 Å². The van der Waals surface area contributed by atoms with Crippen molar-refractivity contribution in [1.82, 2.24) is 10.2 Å². The number of benzene rings is 2. The molecule has 0 spiro atoms. The van der Waals surface area contributed by atoms with Gasteiger partial charge in [0.2, 0.25) is 0 Å². The standard InChI is InChI=1S/C20H25N3O.ClH/c1-2-22(16-17-6-4-3-5-7-17)19-10-8-18(9-11-19)20(24)23-14-12-21-13-15-23;/h3-11,21H,2,12-16H2,1H3;1H. The monoisotopic (exact) mass is 359 g/mol. The van der Waals surface area contributed by atoms with Gasteiger partial charge in [-0.2, -0.15) is 0 Å². The van der Waals surface area contributed by atoms with E-state index in [0.717, 1.165) is 50.5 Å². The van der Waals surface area contributed by atoms with E-state index in [1.54, 1.807) is 0 Å². The van der Waals surface area contributed by atoms with E-state index in [1.165, 1.54) is 5.56 Å². The van der Waals surface area contributed by atoms with Gasteiger partial charge in [0.15, 0.2) is 0 Å². The lowest BCUT2D eigenvalue weighted by molar-refractivity contribution is 0.0736. The van der Waals surface area contributed by atoms with Gasteiger partial charge in [-0.25, -0.2) is 0 Å². The predicted molar refractivity (Wildman–Crippen MR) is 106 cm³/mol. The number of halogens is 1. The fraction of sp³-hybridized carbons (Fsp3) is 0.350. The number of piperazine rings is 1. The van der Waals surface area contributed by atoms with Crippen LogP contribution in [0.5, 0.6) is 0 Å². The molecule has 0 bridgehead atoms. The number of nitrogens with zero attached hydrogens (tertiary/aromatic N) is 2. The maximum Gasteiger partial charge on any atom is 0.253 e. The first-order valence-electron chi connectivity index (χ1n) is 8.67. The molecule has 0 atom stereocenters. The highest BCUT2D eigenvalue weighted by Crippen LogP contribution is 2.19. The molecule has 2 aromatic rings. The van der Waals surface area contributed by atoms with Crippen molar-refractivity contribution in [2.75, 3.05) is 37.6 Å². The van der Waals surface area contributed by atoms with Crippen molar-refractivity contribution < 1.29 is 4.79 Å². The van der Waals surface area contributed by atoms with Gasteiger partial charge in [-0.1, -0.05) is 30.3 Å². The van der Waals surface area contributed by atoms with E-state index in [-0.39, 0.29) is 18.3 Å². The minimum absolute atomic E-state index is 0. The highest BCUT2D eigenvalue weighted by molar-refractivity contribution is 5.94. The van der Waals surface area contributed by atoms with Crippen LogP contribution in [0.3, 0.4) is 0 Å². The molecule has 1 heterocycles. The Labute approximate surface area is 156 Å². The van der Waals surface area contributed by atoms with E-state index < -0.39 is 0 Å². The summed E-state index contributed by atoms with van der Waals surface area (Å²) in [6.45, 7) is 7.30. The molecule has 25 heavy (non-hydrogen) atoms. The number of amides is 1. The van der Waals surface area contributed by atoms with Gasteiger partial charge >= 0.3 is 0 Å². The Morgan fingerprint density at radius 3 is 2.28 bits per heavy atom. The number of anilines is 1. The van der Waals surface area contributed by atoms with Crippen LogP contribution in [0.25, 0.3) is 0 Å². The first-order chi connectivity index (χ1) is 11.8. The zero-order chi connectivity index (χ0) is 16.8. The average molecular weight is 360 g/mol. The Bertz CT molecular complexity index is 654. The maximum absolute atomic E-state index is 12.5. The Morgan fingerprint density at radius 2 is 1.68 bits per heavy atom. The SMILES string of the molecule is CCN(Cc1ccccc1)c1ccc(C(=O)N2CCNCC2)cc1.Cl. The zero-order valence-corrected chi connectivity index (χ0v) is 15.5. The summed E-state index contributed by atoms with van der Waals surface area (Å²) in [5.74, 6) is 0.133. The van der Waals surface area contributed by atoms with Crippen molar-refractivity contribution in [2.45, 2.75) is 13.5 Å². The molecule has 1 fully saturated rings. The molecule has 4 nitrogen and oxygen atoms in total. The Hall–Kier alpha value is -2.04. The third-order valence-corrected chi connectivity index (χ3v) is 4.48. The van der Waals surface area contributed by atoms with Crippen molar-refractivity contribution in [3.63, 3.8) is 0 Å². The number of hydrogen-bond acceptors (Lipinski definition) is 3. The lowest BCUT2D eigenvalue weighted by Gasteiger charge is -2.28. The van der Waals surface area contributed by atoms with Gasteiger partial charge in [0.25, 0.3) is 5.91 Å². The summed E-state index contributed by atoms with van der Waals surface area (Å²) in [6, 6.07) is 18.5. The molecule has 3 rings (SSSR count). The Kier molecular flexibility index (Phi) is 7.29. The molecule has 0 aromatic heterocycles. The van der Waals surface area contributed by atoms with Gasteiger partial charge in [0, 0.05) is 50.5 Å². The van der Waals surface area contributed by atoms with Crippen LogP contribution in [0.15, 0.2) is 54.6 Å². The van der Waals surface area contributed by atoms with Gasteiger partial charge in [-0.15, -0.1) is 12.4 Å². The van der Waals surface area contributed by atoms with Gasteiger partial charge in [-0.05, 0) is 36.8 Å². The van der Waals surface area contributed by atoms with E-state index in [4.69, 9.17) is 0 Å². The van der Waals surface area contributed by atoms with E-state index in [2.05, 4.69) is 53.5 Å². The molecule has 1 saturated heterocycles. The van der Waals surface area contributed by atoms with Crippen molar-refractivity contribution in [1.29, 1.82) is 0 Å². The molecule has 0 saturated carbocycles. The fourth-order valence-electron chi connectivity index (χ4n) is 3.05. The molecule has 1 aliphatic heterocycles. The van der Waals surface area contributed by atoms with Crippen LogP contribution in [-0.2, 0) is 6.54 Å². The molecule has 2 aromatic carbocycles. The lowest BCUT2D eigenvalue weighted by atomic mass is 10.1. The summed E-state index contributed by atoms with van der Waals surface area (Å²) < 4.78 is 0. The van der Waals surface area contributed by atoms with Crippen LogP contribution in [0, 0.1) is 0 Å². The van der Waals surface area contributed by atoms with Crippen molar-refractivity contribution >= 4 is 24.0 Å². The zero-order valence-electron chi connectivity index (χ0n) is 14.6. The lowest BCUT2D eigenvalue weighted by Crippen LogP contribution is -2.46. The predicted octanol–water partition coefficient (Wildman–Crippen LogP) is 3.18. The minimum Gasteiger partial charge on any atom is -0.367 e. The number of rotatable bonds is 5. The second kappa shape index (κ2) is 9.44. The summed E-state index contributed by atoms with van der Waals surface area (Å²) in [5.41, 5.74) is 3.22. The molecular weight excluding hydrogens is 334 g/mol. The third-order valence-electron chi connectivity index (χ3n) is 4.48. The van der Waals surface area contributed by atoms with E-state index in [0.29, 0.717) is 0 Å². The first kappa shape index (κ1) is 19.3. The topological polar surface area (TPSA) is 35.6 Å². The number of nitrogens with one attached hydrogen (secondary N) is 1. The van der Waals surface area contributed by atoms with E-state index in [1.807, 2.05) is 23.1 Å². The van der Waals surface area contributed by atoms with Crippen molar-refractivity contribution in [2.24, 2.45) is 0 Å². The molecule has 1 aliphatic rings. The molecule has 0 unspecified atom stereocenters. The second-order valence-corrected chi connectivity index (χ2v) is 6.09. The molecule has 5 heteroatoms. The van der Waals surface area contributed by atoms with Crippen LogP contribution in [-0.4, -0.2) is 43.5 Å². The molecule has 1 amide bonds. The Balaban J connectivity index is 0.00000225. The smallest absolute Gasteiger partial charge is 0.253 e. The fourth-order valence-corrected chi connectivity index (χ4v) is 3.05. The van der Waals surface area contributed by atoms with Crippen LogP contribution in [0.4, 0.5) is 5.69 Å². The molecule has 0 aliphatic carbocycles. The summed E-state index contributed by atoms with van der Waals surface area (Å²) in [6.07, 6.45) is 0. The Morgan fingerprint density at radius 1 is 1.04 bits per heavy atom. The number of hydrogen-bond donors (Lipinski definition) is 1. The molecule has 1 N–H and O–H groups in total. The van der Waals surface area contributed by atoms with Gasteiger partial charge in [-0.3, -0.25) is 4.79 Å². The number of carbonyl (C=O) groups excluding carboxylic acids is 1. The summed E-state index contributed by atoms with van der Waals surface area (Å²) in [7, 11) is 0. The second-order valence-electron chi connectivity index (χ2n) is 6.09. The third kappa shape index (κ3) is 4.97. The van der Waals surface area contributed by atoms with E-state index >= 15 is 0 Å². The maximum atomic E-state index is 12.5. The van der Waals surface area contributed by atoms with Crippen molar-refractivity contribution in [3.8, 4) is 0 Å². The summed E-state index contributed by atoms with van der Waals surface area (Å²) >= 11 is 0. The number of carbonyl (C=O) groups is 1. The molecular formula is C20H26ClN3O. The molecule has 0 radical (unpaired) electrons. The van der Waals surface area contributed by atoms with Crippen molar-refractivity contribution in [3.05, 3.63) is 65.7 Å². The first-order valence-corrected chi connectivity index (χ1v) is 8.67. The van der Waals surface area contributed by atoms with E-state index in [9.17, 15) is 4.79 Å². The summed E-state index contributed by atoms with van der Waals surface area (Å²) in [5, 5.41) is 3.28. The highest BCUT2D eigenvalue weighted by Gasteiger charge is 2.18. The highest BCUT2D eigenvalue weighted by atomic mass is 35.5. The van der Waals surface area contributed by atoms with Gasteiger partial charge in [0.05, 0.1) is 0 Å². The molecule has 134 valence electrons. The summed E-state index contributed by atoms with van der Waals surface area (Å²) in [4.78, 5) is 16.8. The quantitative estimate of drug-likeness (QED) is 0.890. The minimum atomic E-state index is 0. The van der Waals surface area contributed by atoms with Gasteiger partial charge < -0.3 is 15.1 Å². The normalized spacial score (nSPS) is 13.9.